The van der Waals surface area contributed by atoms with E-state index < -0.39 is 0 Å². The molecule has 25 heavy (non-hydrogen) atoms. The predicted molar refractivity (Wildman–Crippen MR) is 103 cm³/mol. The fourth-order valence-corrected chi connectivity index (χ4v) is 3.20. The van der Waals surface area contributed by atoms with Gasteiger partial charge < -0.3 is 5.32 Å². The molecule has 3 aromatic carbocycles. The fourth-order valence-electron chi connectivity index (χ4n) is 3.20. The summed E-state index contributed by atoms with van der Waals surface area (Å²) >= 11 is 0. The minimum absolute atomic E-state index is 0.289. The number of nitrogens with one attached hydrogen (secondary N) is 1. The minimum atomic E-state index is 0.289. The molecule has 0 aliphatic carbocycles. The maximum absolute atomic E-state index is 4.26. The van der Waals surface area contributed by atoms with E-state index in [4.69, 9.17) is 0 Å². The Bertz CT molecular complexity index is 951. The molecule has 0 bridgehead atoms. The van der Waals surface area contributed by atoms with Crippen molar-refractivity contribution in [3.63, 3.8) is 0 Å². The monoisotopic (exact) mass is 327 g/mol. The van der Waals surface area contributed by atoms with Crippen molar-refractivity contribution in [3.8, 4) is 5.69 Å². The molecule has 3 nitrogen and oxygen atoms in total. The molecule has 4 aromatic rings. The van der Waals surface area contributed by atoms with Crippen molar-refractivity contribution in [2.75, 3.05) is 0 Å². The molecule has 1 atom stereocenters. The van der Waals surface area contributed by atoms with E-state index >= 15 is 0 Å². The number of hydrogen-bond acceptors (Lipinski definition) is 2. The molecule has 124 valence electrons. The lowest BCUT2D eigenvalue weighted by Gasteiger charge is -2.17. The van der Waals surface area contributed by atoms with Crippen LogP contribution in [0.5, 0.6) is 0 Å². The number of nitrogens with zero attached hydrogens (tertiary/aromatic N) is 2. The van der Waals surface area contributed by atoms with Gasteiger partial charge in [-0.1, -0.05) is 54.6 Å². The number of benzene rings is 3. The lowest BCUT2D eigenvalue weighted by Crippen LogP contribution is -2.18. The first-order valence-electron chi connectivity index (χ1n) is 8.61. The van der Waals surface area contributed by atoms with E-state index in [-0.39, 0.29) is 6.04 Å². The van der Waals surface area contributed by atoms with Gasteiger partial charge in [0, 0.05) is 25.0 Å². The van der Waals surface area contributed by atoms with Gasteiger partial charge in [0.25, 0.3) is 0 Å². The Labute approximate surface area is 147 Å². The van der Waals surface area contributed by atoms with Gasteiger partial charge in [-0.3, -0.25) is 0 Å². The Morgan fingerprint density at radius 1 is 0.920 bits per heavy atom. The lowest BCUT2D eigenvalue weighted by molar-refractivity contribution is 0.578. The van der Waals surface area contributed by atoms with Crippen molar-refractivity contribution < 1.29 is 0 Å². The minimum Gasteiger partial charge on any atom is -0.306 e. The van der Waals surface area contributed by atoms with E-state index in [1.165, 1.54) is 21.9 Å². The zero-order valence-electron chi connectivity index (χ0n) is 14.3. The summed E-state index contributed by atoms with van der Waals surface area (Å²) in [6, 6.07) is 25.8. The van der Waals surface area contributed by atoms with Crippen LogP contribution in [0.25, 0.3) is 16.5 Å². The van der Waals surface area contributed by atoms with E-state index in [0.717, 1.165) is 12.2 Å². The number of fused-ring (bicyclic) bond motifs is 1. The third-order valence-corrected chi connectivity index (χ3v) is 4.61. The Hall–Kier alpha value is -2.91. The van der Waals surface area contributed by atoms with Gasteiger partial charge >= 0.3 is 0 Å². The summed E-state index contributed by atoms with van der Waals surface area (Å²) in [6.45, 7) is 3.06. The van der Waals surface area contributed by atoms with Crippen LogP contribution in [0.2, 0.25) is 0 Å². The Kier molecular flexibility index (Phi) is 4.32. The molecule has 1 N–H and O–H groups in total. The molecule has 1 unspecified atom stereocenters. The zero-order chi connectivity index (χ0) is 17.1. The molecule has 0 spiro atoms. The van der Waals surface area contributed by atoms with Crippen molar-refractivity contribution in [3.05, 3.63) is 96.3 Å². The first-order valence-corrected chi connectivity index (χ1v) is 8.61. The molecule has 0 radical (unpaired) electrons. The molecule has 0 fully saturated rings. The summed E-state index contributed by atoms with van der Waals surface area (Å²) in [5, 5.41) is 10.5. The van der Waals surface area contributed by atoms with Gasteiger partial charge in [-0.25, -0.2) is 4.68 Å². The van der Waals surface area contributed by atoms with Crippen LogP contribution in [0.1, 0.15) is 24.1 Å². The highest BCUT2D eigenvalue weighted by molar-refractivity contribution is 5.86. The van der Waals surface area contributed by atoms with E-state index in [1.54, 1.807) is 6.20 Å². The molecular weight excluding hydrogens is 306 g/mol. The standard InChI is InChI=1S/C22H21N3/c1-17(21-9-4-7-19-6-2-3-8-22(19)21)23-16-18-10-12-20(13-11-18)25-15-5-14-24-25/h2-15,17,23H,16H2,1H3. The first kappa shape index (κ1) is 15.6. The van der Waals surface area contributed by atoms with Crippen LogP contribution in [0.4, 0.5) is 0 Å². The van der Waals surface area contributed by atoms with Crippen LogP contribution >= 0.6 is 0 Å². The number of aromatic nitrogens is 2. The maximum Gasteiger partial charge on any atom is 0.0645 e. The van der Waals surface area contributed by atoms with Crippen LogP contribution in [0, 0.1) is 0 Å². The van der Waals surface area contributed by atoms with Gasteiger partial charge in [0.2, 0.25) is 0 Å². The fraction of sp³-hybridized carbons (Fsp3) is 0.136. The molecule has 1 heterocycles. The average molecular weight is 327 g/mol. The van der Waals surface area contributed by atoms with Crippen LogP contribution in [0.15, 0.2) is 85.2 Å². The number of rotatable bonds is 5. The summed E-state index contributed by atoms with van der Waals surface area (Å²) in [7, 11) is 0. The number of hydrogen-bond donors (Lipinski definition) is 1. The van der Waals surface area contributed by atoms with Crippen molar-refractivity contribution in [2.24, 2.45) is 0 Å². The average Bonchev–Trinajstić information content (AvgIpc) is 3.21. The van der Waals surface area contributed by atoms with Gasteiger partial charge in [-0.05, 0) is 47.0 Å². The summed E-state index contributed by atoms with van der Waals surface area (Å²) in [5.74, 6) is 0. The predicted octanol–water partition coefficient (Wildman–Crippen LogP) is 4.88. The highest BCUT2D eigenvalue weighted by atomic mass is 15.3. The van der Waals surface area contributed by atoms with Crippen LogP contribution in [-0.4, -0.2) is 9.78 Å². The van der Waals surface area contributed by atoms with Crippen LogP contribution < -0.4 is 5.32 Å². The summed E-state index contributed by atoms with van der Waals surface area (Å²) in [4.78, 5) is 0. The van der Waals surface area contributed by atoms with Crippen molar-refractivity contribution in [2.45, 2.75) is 19.5 Å². The molecule has 0 amide bonds. The molecule has 3 heteroatoms. The SMILES string of the molecule is CC(NCc1ccc(-n2cccn2)cc1)c1cccc2ccccc12. The van der Waals surface area contributed by atoms with Gasteiger partial charge in [-0.2, -0.15) is 5.10 Å². The van der Waals surface area contributed by atoms with Gasteiger partial charge in [-0.15, -0.1) is 0 Å². The van der Waals surface area contributed by atoms with E-state index in [2.05, 4.69) is 84.1 Å². The summed E-state index contributed by atoms with van der Waals surface area (Å²) in [6.07, 6.45) is 3.75. The van der Waals surface area contributed by atoms with Crippen molar-refractivity contribution >= 4 is 10.8 Å². The van der Waals surface area contributed by atoms with Crippen molar-refractivity contribution in [1.82, 2.24) is 15.1 Å². The first-order chi connectivity index (χ1) is 12.3. The highest BCUT2D eigenvalue weighted by Crippen LogP contribution is 2.24. The third-order valence-electron chi connectivity index (χ3n) is 4.61. The zero-order valence-corrected chi connectivity index (χ0v) is 14.3. The van der Waals surface area contributed by atoms with Crippen molar-refractivity contribution in [1.29, 1.82) is 0 Å². The molecule has 0 saturated carbocycles. The van der Waals surface area contributed by atoms with Gasteiger partial charge in [0.15, 0.2) is 0 Å². The largest absolute Gasteiger partial charge is 0.306 e. The van der Waals surface area contributed by atoms with Crippen LogP contribution in [-0.2, 0) is 6.54 Å². The lowest BCUT2D eigenvalue weighted by atomic mass is 9.99. The third kappa shape index (κ3) is 3.32. The maximum atomic E-state index is 4.26. The molecule has 0 aliphatic heterocycles. The van der Waals surface area contributed by atoms with Gasteiger partial charge in [0.1, 0.15) is 0 Å². The second kappa shape index (κ2) is 6.91. The second-order valence-electron chi connectivity index (χ2n) is 6.29. The summed E-state index contributed by atoms with van der Waals surface area (Å²) < 4.78 is 1.87. The quantitative estimate of drug-likeness (QED) is 0.566. The Balaban J connectivity index is 1.47. The second-order valence-corrected chi connectivity index (χ2v) is 6.29. The Morgan fingerprint density at radius 2 is 1.72 bits per heavy atom. The molecule has 0 saturated heterocycles. The molecule has 0 aliphatic rings. The topological polar surface area (TPSA) is 29.9 Å². The highest BCUT2D eigenvalue weighted by Gasteiger charge is 2.08. The Morgan fingerprint density at radius 3 is 2.52 bits per heavy atom. The normalized spacial score (nSPS) is 12.4. The smallest absolute Gasteiger partial charge is 0.0645 e. The molecule has 1 aromatic heterocycles. The van der Waals surface area contributed by atoms with E-state index in [1.807, 2.05) is 16.9 Å². The molecular formula is C22H21N3. The van der Waals surface area contributed by atoms with E-state index in [0.29, 0.717) is 0 Å². The van der Waals surface area contributed by atoms with Gasteiger partial charge in [0.05, 0.1) is 5.69 Å². The molecule has 4 rings (SSSR count). The van der Waals surface area contributed by atoms with E-state index in [9.17, 15) is 0 Å². The van der Waals surface area contributed by atoms with Crippen LogP contribution in [0.3, 0.4) is 0 Å². The summed E-state index contributed by atoms with van der Waals surface area (Å²) in [5.41, 5.74) is 3.69.